The van der Waals surface area contributed by atoms with E-state index < -0.39 is 30.0 Å². The number of benzene rings is 1. The molecule has 0 aliphatic carbocycles. The SMILES string of the molecule is CCOCCOc1ccc(CC(C(=O)O)N2CCN(CC(=O)O)CCN(C(CC)C(=O)OC)CCN(CC(=O)OC)CC2)cc1. The predicted octanol–water partition coefficient (Wildman–Crippen LogP) is 0.528. The molecule has 1 aliphatic heterocycles. The van der Waals surface area contributed by atoms with Crippen LogP contribution in [0.25, 0.3) is 0 Å². The van der Waals surface area contributed by atoms with Gasteiger partial charge in [-0.1, -0.05) is 19.1 Å². The Morgan fingerprint density at radius 3 is 1.78 bits per heavy atom. The molecular weight excluding hydrogens is 588 g/mol. The number of carbonyl (C=O) groups is 4. The Morgan fingerprint density at radius 1 is 0.756 bits per heavy atom. The molecular formula is C31H50N4O10. The van der Waals surface area contributed by atoms with E-state index >= 15 is 0 Å². The van der Waals surface area contributed by atoms with Crippen molar-refractivity contribution in [2.75, 3.05) is 99.5 Å². The molecule has 1 heterocycles. The number of aliphatic carboxylic acids is 2. The van der Waals surface area contributed by atoms with Crippen LogP contribution in [-0.2, 0) is 39.8 Å². The Kier molecular flexibility index (Phi) is 17.4. The van der Waals surface area contributed by atoms with Gasteiger partial charge in [-0.2, -0.15) is 0 Å². The Balaban J connectivity index is 2.30. The minimum absolute atomic E-state index is 0.000825. The summed E-state index contributed by atoms with van der Waals surface area (Å²) in [5.41, 5.74) is 0.809. The molecule has 0 aromatic heterocycles. The summed E-state index contributed by atoms with van der Waals surface area (Å²) in [4.78, 5) is 56.6. The van der Waals surface area contributed by atoms with Gasteiger partial charge in [0.25, 0.3) is 0 Å². The summed E-state index contributed by atoms with van der Waals surface area (Å²) >= 11 is 0. The molecule has 0 saturated carbocycles. The van der Waals surface area contributed by atoms with Gasteiger partial charge in [0.2, 0.25) is 0 Å². The van der Waals surface area contributed by atoms with Crippen molar-refractivity contribution in [3.8, 4) is 5.75 Å². The highest BCUT2D eigenvalue weighted by atomic mass is 16.5. The summed E-state index contributed by atoms with van der Waals surface area (Å²) in [6.45, 7) is 7.83. The van der Waals surface area contributed by atoms with E-state index in [1.807, 2.05) is 40.7 Å². The van der Waals surface area contributed by atoms with E-state index in [2.05, 4.69) is 0 Å². The number of rotatable bonds is 16. The predicted molar refractivity (Wildman–Crippen MR) is 165 cm³/mol. The lowest BCUT2D eigenvalue weighted by atomic mass is 10.0. The smallest absolute Gasteiger partial charge is 0.323 e. The highest BCUT2D eigenvalue weighted by Gasteiger charge is 2.30. The summed E-state index contributed by atoms with van der Waals surface area (Å²) in [6, 6.07) is 5.84. The third-order valence-corrected chi connectivity index (χ3v) is 7.83. The molecule has 14 heteroatoms. The van der Waals surface area contributed by atoms with Gasteiger partial charge in [-0.25, -0.2) is 0 Å². The number of carboxylic acids is 2. The third kappa shape index (κ3) is 13.7. The van der Waals surface area contributed by atoms with Gasteiger partial charge in [-0.15, -0.1) is 0 Å². The van der Waals surface area contributed by atoms with Crippen molar-refractivity contribution in [1.82, 2.24) is 19.6 Å². The molecule has 0 bridgehead atoms. The minimum atomic E-state index is -1.00. The first-order valence-corrected chi connectivity index (χ1v) is 15.4. The lowest BCUT2D eigenvalue weighted by Gasteiger charge is -2.37. The molecule has 254 valence electrons. The van der Waals surface area contributed by atoms with Gasteiger partial charge in [-0.05, 0) is 37.5 Å². The molecule has 1 aromatic carbocycles. The highest BCUT2D eigenvalue weighted by molar-refractivity contribution is 5.75. The lowest BCUT2D eigenvalue weighted by Crippen LogP contribution is -2.53. The van der Waals surface area contributed by atoms with E-state index in [1.165, 1.54) is 14.2 Å². The Morgan fingerprint density at radius 2 is 1.31 bits per heavy atom. The molecule has 1 aromatic rings. The van der Waals surface area contributed by atoms with Crippen molar-refractivity contribution in [2.45, 2.75) is 38.8 Å². The van der Waals surface area contributed by atoms with Gasteiger partial charge < -0.3 is 29.2 Å². The summed E-state index contributed by atoms with van der Waals surface area (Å²) in [7, 11) is 2.65. The number of ether oxygens (including phenoxy) is 4. The summed E-state index contributed by atoms with van der Waals surface area (Å²) < 4.78 is 20.9. The molecule has 1 saturated heterocycles. The van der Waals surface area contributed by atoms with Crippen LogP contribution in [0.2, 0.25) is 0 Å². The average Bonchev–Trinajstić information content (AvgIpc) is 3.02. The van der Waals surface area contributed by atoms with E-state index in [9.17, 15) is 29.4 Å². The number of methoxy groups -OCH3 is 2. The van der Waals surface area contributed by atoms with Crippen LogP contribution in [-0.4, -0.2) is 165 Å². The van der Waals surface area contributed by atoms with Gasteiger partial charge >= 0.3 is 23.9 Å². The molecule has 2 rings (SSSR count). The van der Waals surface area contributed by atoms with Crippen molar-refractivity contribution < 1.29 is 48.3 Å². The van der Waals surface area contributed by atoms with Crippen LogP contribution in [0.15, 0.2) is 24.3 Å². The van der Waals surface area contributed by atoms with Crippen molar-refractivity contribution in [3.05, 3.63) is 29.8 Å². The first-order valence-electron chi connectivity index (χ1n) is 15.4. The zero-order valence-corrected chi connectivity index (χ0v) is 27.0. The molecule has 14 nitrogen and oxygen atoms in total. The Hall–Kier alpha value is -3.30. The van der Waals surface area contributed by atoms with Crippen LogP contribution in [0.3, 0.4) is 0 Å². The number of carboxylic acid groups (broad SMARTS) is 2. The van der Waals surface area contributed by atoms with Gasteiger partial charge in [-0.3, -0.25) is 38.8 Å². The fourth-order valence-corrected chi connectivity index (χ4v) is 5.30. The maximum absolute atomic E-state index is 12.6. The standard InChI is InChI=1S/C31H50N4O10/c1-5-26(31(41)43-4)34-15-11-32(22-28(36)37)12-17-35(18-14-33(13-16-34)23-29(38)42-3)27(30(39)40)21-24-7-9-25(10-8-24)45-20-19-44-6-2/h7-10,26-27H,5-6,11-23H2,1-4H3,(H,36,37)(H,39,40). The van der Waals surface area contributed by atoms with E-state index in [0.717, 1.165) is 5.56 Å². The quantitative estimate of drug-likeness (QED) is 0.191. The first kappa shape index (κ1) is 37.9. The van der Waals surface area contributed by atoms with Gasteiger partial charge in [0.05, 0.1) is 33.9 Å². The third-order valence-electron chi connectivity index (χ3n) is 7.83. The largest absolute Gasteiger partial charge is 0.491 e. The second-order valence-corrected chi connectivity index (χ2v) is 10.8. The minimum Gasteiger partial charge on any atom is -0.491 e. The Bertz CT molecular complexity index is 1060. The topological polar surface area (TPSA) is 159 Å². The van der Waals surface area contributed by atoms with Crippen molar-refractivity contribution in [1.29, 1.82) is 0 Å². The summed E-state index contributed by atoms with van der Waals surface area (Å²) in [5, 5.41) is 19.9. The normalized spacial score (nSPS) is 17.8. The zero-order valence-electron chi connectivity index (χ0n) is 27.0. The van der Waals surface area contributed by atoms with E-state index in [-0.39, 0.29) is 32.0 Å². The first-order chi connectivity index (χ1) is 21.6. The van der Waals surface area contributed by atoms with Crippen molar-refractivity contribution >= 4 is 23.9 Å². The van der Waals surface area contributed by atoms with Crippen molar-refractivity contribution in [2.24, 2.45) is 0 Å². The van der Waals surface area contributed by atoms with Crippen molar-refractivity contribution in [3.63, 3.8) is 0 Å². The van der Waals surface area contributed by atoms with Gasteiger partial charge in [0.15, 0.2) is 0 Å². The average molecular weight is 639 g/mol. The number of nitrogens with zero attached hydrogens (tertiary/aromatic N) is 4. The van der Waals surface area contributed by atoms with Crippen LogP contribution < -0.4 is 4.74 Å². The molecule has 2 atom stereocenters. The van der Waals surface area contributed by atoms with Crippen LogP contribution in [0.5, 0.6) is 5.75 Å². The van der Waals surface area contributed by atoms with Crippen LogP contribution in [0.4, 0.5) is 0 Å². The number of esters is 2. The number of hydrogen-bond acceptors (Lipinski definition) is 12. The molecule has 0 radical (unpaired) electrons. The molecule has 45 heavy (non-hydrogen) atoms. The van der Waals surface area contributed by atoms with E-state index in [0.29, 0.717) is 77.8 Å². The lowest BCUT2D eigenvalue weighted by molar-refractivity contribution is -0.148. The van der Waals surface area contributed by atoms with E-state index in [4.69, 9.17) is 18.9 Å². The second-order valence-electron chi connectivity index (χ2n) is 10.8. The number of carbonyl (C=O) groups excluding carboxylic acids is 2. The maximum atomic E-state index is 12.6. The highest BCUT2D eigenvalue weighted by Crippen LogP contribution is 2.17. The van der Waals surface area contributed by atoms with E-state index in [1.54, 1.807) is 17.0 Å². The summed E-state index contributed by atoms with van der Waals surface area (Å²) in [5.74, 6) is -2.15. The Labute approximate surface area is 265 Å². The molecule has 2 N–H and O–H groups in total. The van der Waals surface area contributed by atoms with Gasteiger partial charge in [0.1, 0.15) is 24.4 Å². The van der Waals surface area contributed by atoms with Gasteiger partial charge in [0, 0.05) is 59.0 Å². The number of hydrogen-bond donors (Lipinski definition) is 2. The maximum Gasteiger partial charge on any atom is 0.323 e. The van der Waals surface area contributed by atoms with Crippen LogP contribution in [0.1, 0.15) is 25.8 Å². The van der Waals surface area contributed by atoms with Crippen LogP contribution in [0, 0.1) is 0 Å². The monoisotopic (exact) mass is 638 g/mol. The molecule has 1 fully saturated rings. The van der Waals surface area contributed by atoms with Crippen LogP contribution >= 0.6 is 0 Å². The summed E-state index contributed by atoms with van der Waals surface area (Å²) in [6.07, 6.45) is 0.715. The molecule has 2 unspecified atom stereocenters. The zero-order chi connectivity index (χ0) is 33.2. The second kappa shape index (κ2) is 20.7. The fourth-order valence-electron chi connectivity index (χ4n) is 5.30. The molecule has 0 spiro atoms. The fraction of sp³-hybridized carbons (Fsp3) is 0.677. The molecule has 1 aliphatic rings. The molecule has 0 amide bonds.